The molecule has 12 heteroatoms. The number of pyridine rings is 2. The molecule has 0 bridgehead atoms. The number of rotatable bonds is 6. The van der Waals surface area contributed by atoms with Crippen molar-refractivity contribution in [3.63, 3.8) is 0 Å². The van der Waals surface area contributed by atoms with Crippen LogP contribution in [-0.4, -0.2) is 65.7 Å². The van der Waals surface area contributed by atoms with Gasteiger partial charge < -0.3 is 24.4 Å². The molecule has 39 heavy (non-hydrogen) atoms. The number of anilines is 1. The minimum Gasteiger partial charge on any atom is -0.493 e. The van der Waals surface area contributed by atoms with Crippen molar-refractivity contribution in [2.45, 2.75) is 18.6 Å². The highest BCUT2D eigenvalue weighted by Gasteiger charge is 2.45. The fourth-order valence-corrected chi connectivity index (χ4v) is 5.89. The Bertz CT molecular complexity index is 1570. The van der Waals surface area contributed by atoms with Gasteiger partial charge in [0.2, 0.25) is 0 Å². The number of nitrogens with one attached hydrogen (secondary N) is 2. The number of hydrogen-bond acceptors (Lipinski definition) is 9. The van der Waals surface area contributed by atoms with Crippen LogP contribution < -0.4 is 19.7 Å². The third-order valence-electron chi connectivity index (χ3n) is 7.12. The van der Waals surface area contributed by atoms with Gasteiger partial charge in [0.15, 0.2) is 11.5 Å². The molecule has 1 spiro atoms. The minimum absolute atomic E-state index is 0.0684. The van der Waals surface area contributed by atoms with E-state index in [0.29, 0.717) is 56.4 Å². The average molecular weight is 566 g/mol. The summed E-state index contributed by atoms with van der Waals surface area (Å²) in [6.45, 7) is 5.54. The minimum atomic E-state index is -0.482. The van der Waals surface area contributed by atoms with Crippen molar-refractivity contribution in [2.24, 2.45) is 0 Å². The first-order chi connectivity index (χ1) is 18.9. The zero-order valence-corrected chi connectivity index (χ0v) is 22.8. The Labute approximate surface area is 234 Å². The summed E-state index contributed by atoms with van der Waals surface area (Å²) in [6, 6.07) is 7.78. The van der Waals surface area contributed by atoms with Crippen molar-refractivity contribution in [3.8, 4) is 28.8 Å². The fourth-order valence-electron chi connectivity index (χ4n) is 5.22. The van der Waals surface area contributed by atoms with Crippen LogP contribution in [0.1, 0.15) is 24.2 Å². The number of aromatic amines is 1. The van der Waals surface area contributed by atoms with E-state index in [9.17, 15) is 5.26 Å². The lowest BCUT2D eigenvalue weighted by Crippen LogP contribution is -2.74. The molecule has 2 saturated heterocycles. The standard InChI is InChI=1S/C27H25Cl2N7O3/c1-15(24-19(28)10-31-11-20(24)29)39-23-6-18-21(7-22(23)37-2)34-35-25(18)17-5-16(8-30)26(32-9-17)36-12-27(13-36)14-38-4-3-33-27/h5-7,9-11,15,33H,3-4,12-14H2,1-2H3,(H,34,35)/t15-/m1/s1. The summed E-state index contributed by atoms with van der Waals surface area (Å²) < 4.78 is 17.5. The maximum Gasteiger partial charge on any atom is 0.162 e. The van der Waals surface area contributed by atoms with Crippen molar-refractivity contribution >= 4 is 39.9 Å². The molecule has 4 aromatic rings. The van der Waals surface area contributed by atoms with Crippen molar-refractivity contribution < 1.29 is 14.2 Å². The highest BCUT2D eigenvalue weighted by atomic mass is 35.5. The number of nitrogens with zero attached hydrogens (tertiary/aromatic N) is 5. The number of benzene rings is 1. The van der Waals surface area contributed by atoms with Gasteiger partial charge in [0.1, 0.15) is 23.7 Å². The molecule has 1 aromatic carbocycles. The van der Waals surface area contributed by atoms with Crippen molar-refractivity contribution in [1.82, 2.24) is 25.5 Å². The number of fused-ring (bicyclic) bond motifs is 1. The molecule has 2 aliphatic rings. The summed E-state index contributed by atoms with van der Waals surface area (Å²) in [6.07, 6.45) is 4.32. The molecule has 200 valence electrons. The molecule has 0 unspecified atom stereocenters. The molecule has 5 heterocycles. The molecule has 6 rings (SSSR count). The average Bonchev–Trinajstić information content (AvgIpc) is 3.34. The summed E-state index contributed by atoms with van der Waals surface area (Å²) in [4.78, 5) is 10.8. The molecule has 2 aliphatic heterocycles. The molecule has 10 nitrogen and oxygen atoms in total. The molecule has 0 amide bonds. The Morgan fingerprint density at radius 1 is 1.15 bits per heavy atom. The second-order valence-corrected chi connectivity index (χ2v) is 10.5. The number of H-pyrrole nitrogens is 1. The van der Waals surface area contributed by atoms with Crippen molar-refractivity contribution in [1.29, 1.82) is 5.26 Å². The van der Waals surface area contributed by atoms with Crippen LogP contribution >= 0.6 is 23.2 Å². The lowest BCUT2D eigenvalue weighted by molar-refractivity contribution is 0.0134. The van der Waals surface area contributed by atoms with Crippen molar-refractivity contribution in [2.75, 3.05) is 44.9 Å². The molecule has 0 saturated carbocycles. The topological polar surface area (TPSA) is 121 Å². The summed E-state index contributed by atoms with van der Waals surface area (Å²) >= 11 is 12.7. The van der Waals surface area contributed by atoms with E-state index < -0.39 is 6.10 Å². The first-order valence-corrected chi connectivity index (χ1v) is 13.2. The summed E-state index contributed by atoms with van der Waals surface area (Å²) in [5.41, 5.74) is 3.14. The number of halogens is 2. The van der Waals surface area contributed by atoms with Gasteiger partial charge in [-0.15, -0.1) is 0 Å². The van der Waals surface area contributed by atoms with Gasteiger partial charge in [-0.1, -0.05) is 23.2 Å². The van der Waals surface area contributed by atoms with Crippen LogP contribution in [0.4, 0.5) is 5.82 Å². The zero-order valence-electron chi connectivity index (χ0n) is 21.3. The van der Waals surface area contributed by atoms with Gasteiger partial charge >= 0.3 is 0 Å². The van der Waals surface area contributed by atoms with E-state index in [2.05, 4.69) is 36.5 Å². The van der Waals surface area contributed by atoms with Gasteiger partial charge in [-0.2, -0.15) is 10.4 Å². The van der Waals surface area contributed by atoms with Crippen LogP contribution in [0.3, 0.4) is 0 Å². The molecule has 2 N–H and O–H groups in total. The van der Waals surface area contributed by atoms with E-state index in [1.807, 2.05) is 25.1 Å². The number of hydrogen-bond donors (Lipinski definition) is 2. The van der Waals surface area contributed by atoms with Gasteiger partial charge in [-0.3, -0.25) is 10.1 Å². The van der Waals surface area contributed by atoms with Crippen LogP contribution in [0.2, 0.25) is 10.0 Å². The summed E-state index contributed by atoms with van der Waals surface area (Å²) in [5, 5.41) is 22.7. The van der Waals surface area contributed by atoms with Gasteiger partial charge in [-0.25, -0.2) is 4.98 Å². The van der Waals surface area contributed by atoms with E-state index in [1.54, 1.807) is 13.3 Å². The molecule has 0 aliphatic carbocycles. The quantitative estimate of drug-likeness (QED) is 0.347. The monoisotopic (exact) mass is 565 g/mol. The third-order valence-corrected chi connectivity index (χ3v) is 7.72. The van der Waals surface area contributed by atoms with E-state index in [4.69, 9.17) is 37.4 Å². The number of aromatic nitrogens is 4. The molecular formula is C27H25Cl2N7O3. The second kappa shape index (κ2) is 10.2. The number of nitriles is 1. The Hall–Kier alpha value is -3.62. The maximum absolute atomic E-state index is 9.94. The summed E-state index contributed by atoms with van der Waals surface area (Å²) in [5.74, 6) is 1.66. The third kappa shape index (κ3) is 4.61. The number of ether oxygens (including phenoxy) is 3. The van der Waals surface area contributed by atoms with Gasteiger partial charge in [-0.05, 0) is 19.1 Å². The SMILES string of the molecule is COc1cc2[nH]nc(-c3cnc(N4CC5(COCCN5)C4)c(C#N)c3)c2cc1O[C@H](C)c1c(Cl)cncc1Cl. The van der Waals surface area contributed by atoms with E-state index in [0.717, 1.165) is 37.1 Å². The first-order valence-electron chi connectivity index (χ1n) is 12.4. The molecular weight excluding hydrogens is 541 g/mol. The zero-order chi connectivity index (χ0) is 27.1. The number of morpholine rings is 1. The Balaban J connectivity index is 1.31. The van der Waals surface area contributed by atoms with E-state index >= 15 is 0 Å². The molecule has 3 aromatic heterocycles. The lowest BCUT2D eigenvalue weighted by Gasteiger charge is -2.52. The first kappa shape index (κ1) is 25.6. The predicted molar refractivity (Wildman–Crippen MR) is 148 cm³/mol. The van der Waals surface area contributed by atoms with Crippen molar-refractivity contribution in [3.05, 3.63) is 58.0 Å². The predicted octanol–water partition coefficient (Wildman–Crippen LogP) is 4.53. The van der Waals surface area contributed by atoms with E-state index in [-0.39, 0.29) is 5.54 Å². The Morgan fingerprint density at radius 2 is 1.95 bits per heavy atom. The van der Waals surface area contributed by atoms with E-state index in [1.165, 1.54) is 12.4 Å². The second-order valence-electron chi connectivity index (χ2n) is 9.72. The van der Waals surface area contributed by atoms with Crippen LogP contribution in [0, 0.1) is 11.3 Å². The molecule has 2 fully saturated rings. The van der Waals surface area contributed by atoms with Gasteiger partial charge in [0, 0.05) is 60.8 Å². The smallest absolute Gasteiger partial charge is 0.162 e. The highest BCUT2D eigenvalue weighted by Crippen LogP contribution is 2.40. The number of methoxy groups -OCH3 is 1. The molecule has 1 atom stereocenters. The van der Waals surface area contributed by atoms with Crippen LogP contribution in [0.25, 0.3) is 22.2 Å². The van der Waals surface area contributed by atoms with Gasteiger partial charge in [0.25, 0.3) is 0 Å². The summed E-state index contributed by atoms with van der Waals surface area (Å²) in [7, 11) is 1.57. The van der Waals surface area contributed by atoms with Gasteiger partial charge in [0.05, 0.1) is 47.0 Å². The molecule has 0 radical (unpaired) electrons. The Morgan fingerprint density at radius 3 is 2.64 bits per heavy atom. The fraction of sp³-hybridized carbons (Fsp3) is 0.333. The van der Waals surface area contributed by atoms with Crippen LogP contribution in [-0.2, 0) is 4.74 Å². The lowest BCUT2D eigenvalue weighted by atomic mass is 9.89. The highest BCUT2D eigenvalue weighted by molar-refractivity contribution is 6.35. The van der Waals surface area contributed by atoms with Crippen LogP contribution in [0.5, 0.6) is 11.5 Å². The maximum atomic E-state index is 9.94. The Kier molecular flexibility index (Phi) is 6.69. The van der Waals surface area contributed by atoms with Crippen LogP contribution in [0.15, 0.2) is 36.8 Å². The normalized spacial score (nSPS) is 17.1. The largest absolute Gasteiger partial charge is 0.493 e.